The van der Waals surface area contributed by atoms with Crippen LogP contribution in [-0.4, -0.2) is 48.3 Å². The van der Waals surface area contributed by atoms with E-state index in [0.717, 1.165) is 33.7 Å². The summed E-state index contributed by atoms with van der Waals surface area (Å²) in [5.74, 6) is -4.00. The Morgan fingerprint density at radius 1 is 1.00 bits per heavy atom. The van der Waals surface area contributed by atoms with Gasteiger partial charge < -0.3 is 19.6 Å². The summed E-state index contributed by atoms with van der Waals surface area (Å²) in [6.07, 6.45) is -6.43. The molecule has 1 atom stereocenters. The van der Waals surface area contributed by atoms with Gasteiger partial charge in [0, 0.05) is 54.3 Å². The number of hydrogen-bond donors (Lipinski definition) is 2. The number of rotatable bonds is 8. The number of amides is 1. The highest BCUT2D eigenvalue weighted by Gasteiger charge is 2.37. The number of imidazole rings is 1. The number of nitrogens with one attached hydrogen (secondary N) is 1. The molecule has 3 heterocycles. The van der Waals surface area contributed by atoms with Crippen LogP contribution in [-0.2, 0) is 31.0 Å². The van der Waals surface area contributed by atoms with Crippen LogP contribution in [0.4, 0.5) is 30.7 Å². The van der Waals surface area contributed by atoms with Crippen LogP contribution in [0.2, 0.25) is 0 Å². The molecular formula is C33H26F7N5O4. The number of pyridine rings is 2. The highest BCUT2D eigenvalue weighted by molar-refractivity contribution is 5.99. The molecule has 16 heteroatoms. The van der Waals surface area contributed by atoms with Crippen molar-refractivity contribution in [1.82, 2.24) is 24.4 Å². The number of halogens is 7. The van der Waals surface area contributed by atoms with Gasteiger partial charge >= 0.3 is 18.3 Å². The molecular weight excluding hydrogens is 663 g/mol. The number of fused-ring (bicyclic) bond motifs is 1. The van der Waals surface area contributed by atoms with Gasteiger partial charge in [-0.25, -0.2) is 14.2 Å². The number of benzene rings is 2. The van der Waals surface area contributed by atoms with E-state index in [1.807, 2.05) is 0 Å². The standard InChI is InChI=1S/C33H26F7N5O4/c1-16-11-19(28-42-9-10-45(28)15-32(35,36)37)13-23(34)25(16)29(46)43-24(31(48)49)14-18-6-7-21(27-20(18)5-4-8-41-27)26-22(33(38,39)40)12-17(2)44(3)30(26)47/h4-13,24H,14-15H2,1-3H3,(H,43,46)(H,48,49)/t24-/m0/s1. The number of nitrogens with zero attached hydrogens (tertiary/aromatic N) is 4. The van der Waals surface area contributed by atoms with Crippen molar-refractivity contribution in [2.45, 2.75) is 45.2 Å². The lowest BCUT2D eigenvalue weighted by Gasteiger charge is -2.19. The molecule has 0 spiro atoms. The van der Waals surface area contributed by atoms with Crippen LogP contribution in [0.1, 0.15) is 32.7 Å². The first-order valence-corrected chi connectivity index (χ1v) is 14.4. The minimum absolute atomic E-state index is 0.0163. The summed E-state index contributed by atoms with van der Waals surface area (Å²) in [5.41, 5.74) is -3.21. The summed E-state index contributed by atoms with van der Waals surface area (Å²) in [6.45, 7) is 1.29. The summed E-state index contributed by atoms with van der Waals surface area (Å²) in [6, 6.07) is 6.70. The molecule has 0 aliphatic rings. The molecule has 49 heavy (non-hydrogen) atoms. The summed E-state index contributed by atoms with van der Waals surface area (Å²) < 4.78 is 98.5. The molecule has 2 N–H and O–H groups in total. The van der Waals surface area contributed by atoms with Gasteiger partial charge in [-0.3, -0.25) is 14.6 Å². The van der Waals surface area contributed by atoms with Gasteiger partial charge in [-0.2, -0.15) is 26.3 Å². The molecule has 1 amide bonds. The Morgan fingerprint density at radius 2 is 1.71 bits per heavy atom. The van der Waals surface area contributed by atoms with E-state index in [-0.39, 0.29) is 44.7 Å². The Hall–Kier alpha value is -5.54. The number of aryl methyl sites for hydroxylation is 2. The predicted octanol–water partition coefficient (Wildman–Crippen LogP) is 6.23. The molecule has 256 valence electrons. The number of carboxylic acid groups (broad SMARTS) is 1. The van der Waals surface area contributed by atoms with E-state index in [2.05, 4.69) is 15.3 Å². The lowest BCUT2D eigenvalue weighted by molar-refractivity contribution is -0.140. The fourth-order valence-corrected chi connectivity index (χ4v) is 5.62. The maximum Gasteiger partial charge on any atom is 0.417 e. The quantitative estimate of drug-likeness (QED) is 0.187. The van der Waals surface area contributed by atoms with E-state index < -0.39 is 71.3 Å². The van der Waals surface area contributed by atoms with Crippen molar-refractivity contribution in [3.05, 3.63) is 105 Å². The minimum atomic E-state index is -4.89. The molecule has 2 aromatic carbocycles. The molecule has 5 aromatic rings. The lowest BCUT2D eigenvalue weighted by atomic mass is 9.93. The average Bonchev–Trinajstić information content (AvgIpc) is 3.45. The molecule has 5 rings (SSSR count). The van der Waals surface area contributed by atoms with E-state index in [9.17, 15) is 45.8 Å². The second-order valence-corrected chi connectivity index (χ2v) is 11.3. The number of alkyl halides is 6. The normalized spacial score (nSPS) is 12.7. The third-order valence-electron chi connectivity index (χ3n) is 7.97. The van der Waals surface area contributed by atoms with Gasteiger partial charge in [0.05, 0.1) is 22.2 Å². The first-order valence-electron chi connectivity index (χ1n) is 14.4. The van der Waals surface area contributed by atoms with E-state index >= 15 is 4.39 Å². The van der Waals surface area contributed by atoms with Gasteiger partial charge in [-0.15, -0.1) is 0 Å². The Kier molecular flexibility index (Phi) is 9.10. The van der Waals surface area contributed by atoms with Gasteiger partial charge in [0.25, 0.3) is 11.5 Å². The molecule has 0 fully saturated rings. The smallest absolute Gasteiger partial charge is 0.417 e. The van der Waals surface area contributed by atoms with Crippen LogP contribution in [0.5, 0.6) is 0 Å². The van der Waals surface area contributed by atoms with Crippen molar-refractivity contribution in [1.29, 1.82) is 0 Å². The van der Waals surface area contributed by atoms with Crippen molar-refractivity contribution in [3.63, 3.8) is 0 Å². The summed E-state index contributed by atoms with van der Waals surface area (Å²) in [4.78, 5) is 46.8. The second-order valence-electron chi connectivity index (χ2n) is 11.3. The van der Waals surface area contributed by atoms with Crippen molar-refractivity contribution in [3.8, 4) is 22.5 Å². The van der Waals surface area contributed by atoms with Crippen LogP contribution in [0.15, 0.2) is 65.8 Å². The maximum absolute atomic E-state index is 15.3. The van der Waals surface area contributed by atoms with Crippen molar-refractivity contribution in [2.24, 2.45) is 7.05 Å². The zero-order chi connectivity index (χ0) is 36.0. The summed E-state index contributed by atoms with van der Waals surface area (Å²) in [5, 5.41) is 12.4. The minimum Gasteiger partial charge on any atom is -0.480 e. The monoisotopic (exact) mass is 689 g/mol. The third kappa shape index (κ3) is 7.03. The Balaban J connectivity index is 1.49. The largest absolute Gasteiger partial charge is 0.480 e. The van der Waals surface area contributed by atoms with Gasteiger partial charge in [0.1, 0.15) is 24.2 Å². The summed E-state index contributed by atoms with van der Waals surface area (Å²) >= 11 is 0. The topological polar surface area (TPSA) is 119 Å². The number of carbonyl (C=O) groups is 2. The van der Waals surface area contributed by atoms with E-state index in [1.165, 1.54) is 57.4 Å². The number of hydrogen-bond acceptors (Lipinski definition) is 5. The van der Waals surface area contributed by atoms with Crippen LogP contribution < -0.4 is 10.9 Å². The molecule has 9 nitrogen and oxygen atoms in total. The second kappa shape index (κ2) is 12.8. The zero-order valence-electron chi connectivity index (χ0n) is 25.9. The number of aliphatic carboxylic acids is 1. The molecule has 0 unspecified atom stereocenters. The predicted molar refractivity (Wildman–Crippen MR) is 163 cm³/mol. The van der Waals surface area contributed by atoms with Crippen LogP contribution >= 0.6 is 0 Å². The molecule has 0 aliphatic carbocycles. The van der Waals surface area contributed by atoms with E-state index in [1.54, 1.807) is 0 Å². The SMILES string of the molecule is Cc1cc(-c2nccn2CC(F)(F)F)cc(F)c1C(=O)N[C@@H](Cc1ccc(-c2c(C(F)(F)F)cc(C)n(C)c2=O)c2ncccc12)C(=O)O. The van der Waals surface area contributed by atoms with E-state index in [0.29, 0.717) is 0 Å². The maximum atomic E-state index is 15.3. The first kappa shape index (κ1) is 34.8. The first-order chi connectivity index (χ1) is 22.9. The average molecular weight is 690 g/mol. The highest BCUT2D eigenvalue weighted by Crippen LogP contribution is 2.38. The molecule has 0 bridgehead atoms. The number of carboxylic acids is 1. The van der Waals surface area contributed by atoms with Crippen molar-refractivity contribution < 1.29 is 45.4 Å². The van der Waals surface area contributed by atoms with Gasteiger partial charge in [0.15, 0.2) is 0 Å². The van der Waals surface area contributed by atoms with Gasteiger partial charge in [-0.05, 0) is 49.2 Å². The number of aromatic nitrogens is 4. The number of carbonyl (C=O) groups excluding carboxylic acids is 1. The van der Waals surface area contributed by atoms with Gasteiger partial charge in [0.2, 0.25) is 0 Å². The fourth-order valence-electron chi connectivity index (χ4n) is 5.62. The fraction of sp³-hybridized carbons (Fsp3) is 0.242. The molecule has 0 saturated carbocycles. The highest BCUT2D eigenvalue weighted by atomic mass is 19.4. The van der Waals surface area contributed by atoms with Gasteiger partial charge in [-0.1, -0.05) is 18.2 Å². The Labute approximate surface area is 272 Å². The van der Waals surface area contributed by atoms with Crippen LogP contribution in [0.25, 0.3) is 33.4 Å². The molecule has 0 radical (unpaired) electrons. The molecule has 0 saturated heterocycles. The molecule has 0 aliphatic heterocycles. The van der Waals surface area contributed by atoms with Crippen molar-refractivity contribution >= 4 is 22.8 Å². The van der Waals surface area contributed by atoms with E-state index in [4.69, 9.17) is 0 Å². The zero-order valence-corrected chi connectivity index (χ0v) is 25.9. The molecule has 3 aromatic heterocycles. The van der Waals surface area contributed by atoms with Crippen molar-refractivity contribution in [2.75, 3.05) is 0 Å². The van der Waals surface area contributed by atoms with Crippen LogP contribution in [0, 0.1) is 19.7 Å². The third-order valence-corrected chi connectivity index (χ3v) is 7.97. The Morgan fingerprint density at radius 3 is 2.35 bits per heavy atom. The summed E-state index contributed by atoms with van der Waals surface area (Å²) in [7, 11) is 1.33. The van der Waals surface area contributed by atoms with Crippen LogP contribution in [0.3, 0.4) is 0 Å². The Bertz CT molecular complexity index is 2150. The lowest BCUT2D eigenvalue weighted by Crippen LogP contribution is -2.43.